The zero-order valence-corrected chi connectivity index (χ0v) is 9.30. The van der Waals surface area contributed by atoms with Crippen molar-refractivity contribution in [2.24, 2.45) is 5.92 Å². The van der Waals surface area contributed by atoms with Crippen molar-refractivity contribution in [2.45, 2.75) is 12.5 Å². The molecule has 2 atom stereocenters. The van der Waals surface area contributed by atoms with Crippen molar-refractivity contribution in [3.05, 3.63) is 0 Å². The van der Waals surface area contributed by atoms with E-state index in [4.69, 9.17) is 4.74 Å². The van der Waals surface area contributed by atoms with Gasteiger partial charge in [0.15, 0.2) is 5.78 Å². The number of carbonyl (C=O) groups is 2. The number of carbonyl (C=O) groups excluding carboxylic acids is 2. The Hall–Kier alpha value is -0.560. The highest BCUT2D eigenvalue weighted by Gasteiger charge is 2.35. The molecule has 1 N–H and O–H groups in total. The second-order valence-corrected chi connectivity index (χ2v) is 3.72. The minimum absolute atomic E-state index is 0.0991. The summed E-state index contributed by atoms with van der Waals surface area (Å²) in [5, 5.41) is 2.22. The van der Waals surface area contributed by atoms with Gasteiger partial charge in [0, 0.05) is 0 Å². The molecule has 0 aromatic carbocycles. The highest BCUT2D eigenvalue weighted by molar-refractivity contribution is 9.09. The van der Waals surface area contributed by atoms with Crippen molar-refractivity contribution in [3.8, 4) is 0 Å². The third-order valence-corrected chi connectivity index (χ3v) is 2.70. The summed E-state index contributed by atoms with van der Waals surface area (Å²) in [7, 11) is 0. The van der Waals surface area contributed by atoms with Crippen molar-refractivity contribution in [1.82, 2.24) is 5.32 Å². The Bertz CT molecular complexity index is 262. The maximum atomic E-state index is 11.9. The van der Waals surface area contributed by atoms with Gasteiger partial charge < -0.3 is 10.1 Å². The molecule has 1 aliphatic rings. The predicted molar refractivity (Wildman–Crippen MR) is 51.0 cm³/mol. The smallest absolute Gasteiger partial charge is 0.315 e. The molecule has 0 radical (unpaired) electrons. The zero-order chi connectivity index (χ0) is 11.4. The van der Waals surface area contributed by atoms with Gasteiger partial charge in [-0.15, -0.1) is 0 Å². The Morgan fingerprint density at radius 3 is 2.67 bits per heavy atom. The summed E-state index contributed by atoms with van der Waals surface area (Å²) in [5.74, 6) is -2.06. The first kappa shape index (κ1) is 12.5. The van der Waals surface area contributed by atoms with Gasteiger partial charge in [0.2, 0.25) is 0 Å². The number of rotatable bonds is 4. The summed E-state index contributed by atoms with van der Waals surface area (Å²) < 4.78 is 28.9. The first-order valence-corrected chi connectivity index (χ1v) is 5.43. The zero-order valence-electron chi connectivity index (χ0n) is 7.71. The molecule has 0 saturated carbocycles. The fraction of sp³-hybridized carbons (Fsp3) is 0.750. The molecule has 86 valence electrons. The topological polar surface area (TPSA) is 55.4 Å². The molecule has 1 fully saturated rings. The molecule has 1 aliphatic heterocycles. The summed E-state index contributed by atoms with van der Waals surface area (Å²) in [4.78, 5) is 22.0. The van der Waals surface area contributed by atoms with Gasteiger partial charge in [-0.1, -0.05) is 15.9 Å². The summed E-state index contributed by atoms with van der Waals surface area (Å²) >= 11 is 2.98. The van der Waals surface area contributed by atoms with E-state index in [2.05, 4.69) is 21.2 Å². The number of ketones is 1. The molecule has 0 spiro atoms. The standard InChI is InChI=1S/C8H10BrF2NO3/c9-1-6(13)4-2-15-3-5(4)12-8(14)7(10)11/h4-5,7H,1-3H2,(H,12,14). The van der Waals surface area contributed by atoms with Crippen LogP contribution in [0.4, 0.5) is 8.78 Å². The second kappa shape index (κ2) is 5.50. The maximum absolute atomic E-state index is 11.9. The molecule has 4 nitrogen and oxygen atoms in total. The Labute approximate surface area is 93.5 Å². The fourth-order valence-electron chi connectivity index (χ4n) is 1.36. The number of amides is 1. The van der Waals surface area contributed by atoms with Crippen LogP contribution in [0.25, 0.3) is 0 Å². The molecule has 0 aliphatic carbocycles. The molecule has 0 aromatic heterocycles. The lowest BCUT2D eigenvalue weighted by Gasteiger charge is -2.16. The Kier molecular flexibility index (Phi) is 4.59. The number of hydrogen-bond acceptors (Lipinski definition) is 3. The number of hydrogen-bond donors (Lipinski definition) is 1. The average Bonchev–Trinajstić information content (AvgIpc) is 2.64. The number of ether oxygens (including phenoxy) is 1. The molecule has 0 aromatic rings. The third-order valence-electron chi connectivity index (χ3n) is 2.15. The van der Waals surface area contributed by atoms with Crippen LogP contribution in [0.5, 0.6) is 0 Å². The van der Waals surface area contributed by atoms with Gasteiger partial charge in [-0.05, 0) is 0 Å². The lowest BCUT2D eigenvalue weighted by Crippen LogP contribution is -2.45. The van der Waals surface area contributed by atoms with Crippen LogP contribution in [0.3, 0.4) is 0 Å². The molecule has 7 heteroatoms. The van der Waals surface area contributed by atoms with E-state index in [1.165, 1.54) is 0 Å². The third kappa shape index (κ3) is 3.20. The van der Waals surface area contributed by atoms with Crippen molar-refractivity contribution < 1.29 is 23.1 Å². The normalized spacial score (nSPS) is 25.6. The molecule has 15 heavy (non-hydrogen) atoms. The molecular formula is C8H10BrF2NO3. The summed E-state index contributed by atoms with van der Waals surface area (Å²) in [6, 6.07) is -0.642. The number of halogens is 3. The fourth-order valence-corrected chi connectivity index (χ4v) is 1.77. The number of Topliss-reactive ketones (excluding diaryl/α,β-unsaturated/α-hetero) is 1. The Morgan fingerprint density at radius 1 is 1.47 bits per heavy atom. The van der Waals surface area contributed by atoms with Gasteiger partial charge >= 0.3 is 6.43 Å². The number of nitrogens with one attached hydrogen (secondary N) is 1. The largest absolute Gasteiger partial charge is 0.378 e. The van der Waals surface area contributed by atoms with Gasteiger partial charge in [-0.3, -0.25) is 9.59 Å². The average molecular weight is 286 g/mol. The quantitative estimate of drug-likeness (QED) is 0.759. The summed E-state index contributed by atoms with van der Waals surface area (Å²) in [5.41, 5.74) is 0. The van der Waals surface area contributed by atoms with E-state index in [0.29, 0.717) is 0 Å². The lowest BCUT2D eigenvalue weighted by atomic mass is 10.00. The number of alkyl halides is 3. The van der Waals surface area contributed by atoms with Crippen LogP contribution in [0.1, 0.15) is 0 Å². The SMILES string of the molecule is O=C(NC1COCC1C(=O)CBr)C(F)F. The first-order valence-electron chi connectivity index (χ1n) is 4.31. The molecule has 1 heterocycles. The Balaban J connectivity index is 2.53. The van der Waals surface area contributed by atoms with Gasteiger partial charge in [0.25, 0.3) is 5.91 Å². The van der Waals surface area contributed by atoms with Crippen LogP contribution in [0.15, 0.2) is 0 Å². The van der Waals surface area contributed by atoms with E-state index < -0.39 is 24.3 Å². The monoisotopic (exact) mass is 285 g/mol. The van der Waals surface area contributed by atoms with E-state index in [-0.39, 0.29) is 24.3 Å². The molecule has 1 rings (SSSR count). The van der Waals surface area contributed by atoms with Crippen LogP contribution < -0.4 is 5.32 Å². The molecule has 0 bridgehead atoms. The van der Waals surface area contributed by atoms with Crippen LogP contribution in [0.2, 0.25) is 0 Å². The van der Waals surface area contributed by atoms with Crippen LogP contribution in [0, 0.1) is 5.92 Å². The van der Waals surface area contributed by atoms with Crippen molar-refractivity contribution in [1.29, 1.82) is 0 Å². The lowest BCUT2D eigenvalue weighted by molar-refractivity contribution is -0.133. The highest BCUT2D eigenvalue weighted by atomic mass is 79.9. The summed E-state index contributed by atoms with van der Waals surface area (Å²) in [6.07, 6.45) is -3.06. The second-order valence-electron chi connectivity index (χ2n) is 3.16. The van der Waals surface area contributed by atoms with Gasteiger partial charge in [0.05, 0.1) is 30.5 Å². The molecule has 2 unspecified atom stereocenters. The molecular weight excluding hydrogens is 276 g/mol. The summed E-state index contributed by atoms with van der Waals surface area (Å²) in [6.45, 7) is 0.264. The van der Waals surface area contributed by atoms with Crippen molar-refractivity contribution in [2.75, 3.05) is 18.5 Å². The van der Waals surface area contributed by atoms with Crippen LogP contribution in [-0.4, -0.2) is 42.7 Å². The molecule has 1 amide bonds. The predicted octanol–water partition coefficient (Wildman–Crippen LogP) is 0.347. The van der Waals surface area contributed by atoms with Crippen LogP contribution in [-0.2, 0) is 14.3 Å². The van der Waals surface area contributed by atoms with Crippen molar-refractivity contribution >= 4 is 27.6 Å². The minimum atomic E-state index is -3.06. The van der Waals surface area contributed by atoms with Gasteiger partial charge in [-0.2, -0.15) is 8.78 Å². The van der Waals surface area contributed by atoms with Crippen LogP contribution >= 0.6 is 15.9 Å². The van der Waals surface area contributed by atoms with Gasteiger partial charge in [0.1, 0.15) is 0 Å². The van der Waals surface area contributed by atoms with Crippen molar-refractivity contribution in [3.63, 3.8) is 0 Å². The van der Waals surface area contributed by atoms with E-state index in [0.717, 1.165) is 0 Å². The van der Waals surface area contributed by atoms with E-state index in [9.17, 15) is 18.4 Å². The van der Waals surface area contributed by atoms with E-state index in [1.54, 1.807) is 0 Å². The minimum Gasteiger partial charge on any atom is -0.378 e. The first-order chi connectivity index (χ1) is 7.06. The van der Waals surface area contributed by atoms with Gasteiger partial charge in [-0.25, -0.2) is 0 Å². The maximum Gasteiger partial charge on any atom is 0.315 e. The van der Waals surface area contributed by atoms with E-state index in [1.807, 2.05) is 0 Å². The molecule has 1 saturated heterocycles. The highest BCUT2D eigenvalue weighted by Crippen LogP contribution is 2.16. The van der Waals surface area contributed by atoms with E-state index >= 15 is 0 Å². The Morgan fingerprint density at radius 2 is 2.13 bits per heavy atom.